The van der Waals surface area contributed by atoms with Gasteiger partial charge in [0, 0.05) is 44.0 Å². The predicted octanol–water partition coefficient (Wildman–Crippen LogP) is 1.02. The van der Waals surface area contributed by atoms with Crippen LogP contribution < -0.4 is 10.9 Å². The molecule has 1 aromatic rings. The Hall–Kier alpha value is -1.89. The van der Waals surface area contributed by atoms with Crippen molar-refractivity contribution >= 4 is 6.03 Å². The van der Waals surface area contributed by atoms with Crippen LogP contribution in [0.15, 0.2) is 10.9 Å². The minimum atomic E-state index is -0.0979. The number of nitrogens with zero attached hydrogens (tertiary/aromatic N) is 3. The minimum Gasteiger partial charge on any atom is -0.338 e. The Balaban J connectivity index is 1.62. The third-order valence-corrected chi connectivity index (χ3v) is 4.88. The summed E-state index contributed by atoms with van der Waals surface area (Å²) in [6.45, 7) is 7.38. The summed E-state index contributed by atoms with van der Waals surface area (Å²) < 4.78 is 0. The lowest BCUT2D eigenvalue weighted by Crippen LogP contribution is -2.54. The zero-order valence-corrected chi connectivity index (χ0v) is 13.8. The number of aryl methyl sites for hydroxylation is 1. The molecule has 0 saturated carbocycles. The fraction of sp³-hybridized carbons (Fsp3) is 0.688. The van der Waals surface area contributed by atoms with Gasteiger partial charge in [0.1, 0.15) is 5.82 Å². The zero-order chi connectivity index (χ0) is 16.4. The van der Waals surface area contributed by atoms with Crippen LogP contribution >= 0.6 is 0 Å². The Bertz CT molecular complexity index is 621. The van der Waals surface area contributed by atoms with E-state index in [1.807, 2.05) is 11.8 Å². The Morgan fingerprint density at radius 1 is 1.26 bits per heavy atom. The van der Waals surface area contributed by atoms with Gasteiger partial charge in [-0.15, -0.1) is 0 Å². The Kier molecular flexibility index (Phi) is 4.66. The molecular weight excluding hydrogens is 294 g/mol. The van der Waals surface area contributed by atoms with Crippen LogP contribution in [0.25, 0.3) is 0 Å². The number of nitrogens with one attached hydrogen (secondary N) is 2. The molecule has 2 N–H and O–H groups in total. The lowest BCUT2D eigenvalue weighted by molar-refractivity contribution is 0.0918. The van der Waals surface area contributed by atoms with Gasteiger partial charge < -0.3 is 15.2 Å². The molecule has 2 aliphatic heterocycles. The number of amides is 2. The summed E-state index contributed by atoms with van der Waals surface area (Å²) in [4.78, 5) is 35.2. The van der Waals surface area contributed by atoms with E-state index in [9.17, 15) is 9.59 Å². The van der Waals surface area contributed by atoms with Crippen LogP contribution in [0, 0.1) is 6.92 Å². The van der Waals surface area contributed by atoms with Crippen molar-refractivity contribution in [3.8, 4) is 0 Å². The molecule has 2 aliphatic rings. The quantitative estimate of drug-likeness (QED) is 0.871. The van der Waals surface area contributed by atoms with Crippen molar-refractivity contribution in [1.82, 2.24) is 25.1 Å². The predicted molar refractivity (Wildman–Crippen MR) is 87.3 cm³/mol. The van der Waals surface area contributed by atoms with E-state index in [1.165, 1.54) is 6.07 Å². The highest BCUT2D eigenvalue weighted by Crippen LogP contribution is 2.24. The fourth-order valence-corrected chi connectivity index (χ4v) is 3.55. The number of H-pyrrole nitrogens is 1. The van der Waals surface area contributed by atoms with E-state index in [-0.39, 0.29) is 17.6 Å². The van der Waals surface area contributed by atoms with Gasteiger partial charge in [-0.3, -0.25) is 9.69 Å². The summed E-state index contributed by atoms with van der Waals surface area (Å²) in [7, 11) is 0. The number of aromatic amines is 1. The lowest BCUT2D eigenvalue weighted by Gasteiger charge is -2.41. The van der Waals surface area contributed by atoms with Gasteiger partial charge in [0.2, 0.25) is 0 Å². The van der Waals surface area contributed by atoms with Crippen molar-refractivity contribution in [2.45, 2.75) is 45.2 Å². The van der Waals surface area contributed by atoms with E-state index in [0.717, 1.165) is 57.0 Å². The number of aromatic nitrogens is 2. The molecule has 0 aliphatic carbocycles. The fourth-order valence-electron chi connectivity index (χ4n) is 3.55. The Labute approximate surface area is 136 Å². The molecular formula is C16H25N5O2. The van der Waals surface area contributed by atoms with Gasteiger partial charge in [0.15, 0.2) is 0 Å². The molecule has 0 unspecified atom stereocenters. The van der Waals surface area contributed by atoms with E-state index >= 15 is 0 Å². The maximum atomic E-state index is 12.0. The summed E-state index contributed by atoms with van der Waals surface area (Å²) >= 11 is 0. The van der Waals surface area contributed by atoms with Crippen molar-refractivity contribution in [3.05, 3.63) is 27.9 Å². The van der Waals surface area contributed by atoms with Crippen LogP contribution in [0.4, 0.5) is 4.79 Å². The first kappa shape index (κ1) is 16.0. The Morgan fingerprint density at radius 2 is 2.00 bits per heavy atom. The second-order valence-corrected chi connectivity index (χ2v) is 6.49. The van der Waals surface area contributed by atoms with E-state index in [1.54, 1.807) is 0 Å². The monoisotopic (exact) mass is 319 g/mol. The molecule has 2 amide bonds. The van der Waals surface area contributed by atoms with Crippen molar-refractivity contribution in [2.75, 3.05) is 26.2 Å². The van der Waals surface area contributed by atoms with Gasteiger partial charge in [-0.05, 0) is 33.1 Å². The molecule has 23 heavy (non-hydrogen) atoms. The third-order valence-electron chi connectivity index (χ3n) is 4.88. The van der Waals surface area contributed by atoms with Crippen LogP contribution in [0.5, 0.6) is 0 Å². The van der Waals surface area contributed by atoms with Crippen LogP contribution in [0.1, 0.15) is 43.7 Å². The van der Waals surface area contributed by atoms with Gasteiger partial charge in [-0.1, -0.05) is 0 Å². The van der Waals surface area contributed by atoms with E-state index in [0.29, 0.717) is 6.04 Å². The highest BCUT2D eigenvalue weighted by Gasteiger charge is 2.31. The average molecular weight is 319 g/mol. The van der Waals surface area contributed by atoms with E-state index in [4.69, 9.17) is 0 Å². The van der Waals surface area contributed by atoms with Crippen molar-refractivity contribution in [3.63, 3.8) is 0 Å². The van der Waals surface area contributed by atoms with Gasteiger partial charge in [0.25, 0.3) is 5.56 Å². The van der Waals surface area contributed by atoms with Crippen molar-refractivity contribution in [2.24, 2.45) is 0 Å². The molecule has 0 aromatic carbocycles. The molecule has 3 rings (SSSR count). The highest BCUT2D eigenvalue weighted by molar-refractivity contribution is 5.75. The largest absolute Gasteiger partial charge is 0.338 e. The molecule has 2 fully saturated rings. The number of carbonyl (C=O) groups excluding carboxylic acids is 1. The smallest absolute Gasteiger partial charge is 0.317 e. The van der Waals surface area contributed by atoms with Crippen LogP contribution in [0.2, 0.25) is 0 Å². The molecule has 7 nitrogen and oxygen atoms in total. The number of hydrogen-bond acceptors (Lipinski definition) is 4. The maximum absolute atomic E-state index is 12.0. The van der Waals surface area contributed by atoms with Crippen LogP contribution in [-0.2, 0) is 0 Å². The first-order valence-electron chi connectivity index (χ1n) is 8.41. The standard InChI is InChI=1S/C16H25N5O2/c1-11-10-14(22)19-15(18-11)12(2)20-8-4-13(5-9-20)21-7-3-6-17-16(21)23/h10,12-13H,3-9H2,1-2H3,(H,17,23)(H,18,19,22)/t12-/m1/s1. The Morgan fingerprint density at radius 3 is 2.65 bits per heavy atom. The van der Waals surface area contributed by atoms with Gasteiger partial charge in [0.05, 0.1) is 6.04 Å². The molecule has 1 atom stereocenters. The number of hydrogen-bond donors (Lipinski definition) is 2. The SMILES string of the molecule is Cc1cc(=O)[nH]c([C@@H](C)N2CCC(N3CCCNC3=O)CC2)n1. The highest BCUT2D eigenvalue weighted by atomic mass is 16.2. The molecule has 3 heterocycles. The number of piperidine rings is 1. The summed E-state index contributed by atoms with van der Waals surface area (Å²) in [5.41, 5.74) is 0.648. The lowest BCUT2D eigenvalue weighted by atomic mass is 10.0. The zero-order valence-electron chi connectivity index (χ0n) is 13.8. The molecule has 0 bridgehead atoms. The summed E-state index contributed by atoms with van der Waals surface area (Å²) in [6.07, 6.45) is 2.96. The number of urea groups is 1. The van der Waals surface area contributed by atoms with Gasteiger partial charge in [-0.2, -0.15) is 0 Å². The molecule has 126 valence electrons. The third kappa shape index (κ3) is 3.55. The van der Waals surface area contributed by atoms with E-state index < -0.39 is 0 Å². The van der Waals surface area contributed by atoms with Crippen molar-refractivity contribution < 1.29 is 4.79 Å². The topological polar surface area (TPSA) is 81.3 Å². The average Bonchev–Trinajstić information content (AvgIpc) is 2.54. The number of rotatable bonds is 3. The molecule has 0 spiro atoms. The van der Waals surface area contributed by atoms with Crippen LogP contribution in [0.3, 0.4) is 0 Å². The van der Waals surface area contributed by atoms with Gasteiger partial charge >= 0.3 is 6.03 Å². The van der Waals surface area contributed by atoms with Crippen molar-refractivity contribution in [1.29, 1.82) is 0 Å². The summed E-state index contributed by atoms with van der Waals surface area (Å²) in [5, 5.41) is 2.93. The molecule has 7 heteroatoms. The van der Waals surface area contributed by atoms with E-state index in [2.05, 4.69) is 27.1 Å². The summed E-state index contributed by atoms with van der Waals surface area (Å²) in [6, 6.07) is 1.99. The first-order valence-corrected chi connectivity index (χ1v) is 8.41. The molecule has 1 aromatic heterocycles. The number of likely N-dealkylation sites (tertiary alicyclic amines) is 1. The van der Waals surface area contributed by atoms with Gasteiger partial charge in [-0.25, -0.2) is 9.78 Å². The van der Waals surface area contributed by atoms with Crippen LogP contribution in [-0.4, -0.2) is 58.0 Å². The number of carbonyl (C=O) groups is 1. The molecule has 2 saturated heterocycles. The molecule has 0 radical (unpaired) electrons. The maximum Gasteiger partial charge on any atom is 0.317 e. The second-order valence-electron chi connectivity index (χ2n) is 6.49. The second kappa shape index (κ2) is 6.70. The normalized spacial score (nSPS) is 22.0. The summed E-state index contributed by atoms with van der Waals surface area (Å²) in [5.74, 6) is 0.726. The first-order chi connectivity index (χ1) is 11.0. The minimum absolute atomic E-state index is 0.0763.